The Bertz CT molecular complexity index is 412. The molecule has 2 rings (SSSR count). The van der Waals surface area contributed by atoms with E-state index in [-0.39, 0.29) is 11.6 Å². The van der Waals surface area contributed by atoms with Crippen LogP contribution >= 0.6 is 0 Å². The minimum absolute atomic E-state index is 0.0356. The SMILES string of the molecule is CCCN1CCOC(c2noc(CNC(C)(C)C)n2)C1. The molecular weight excluding hydrogens is 256 g/mol. The summed E-state index contributed by atoms with van der Waals surface area (Å²) in [6.07, 6.45) is 1.09. The van der Waals surface area contributed by atoms with Gasteiger partial charge in [-0.05, 0) is 33.7 Å². The first kappa shape index (κ1) is 15.4. The Balaban J connectivity index is 1.91. The normalized spacial score (nSPS) is 21.3. The molecule has 1 aliphatic rings. The van der Waals surface area contributed by atoms with E-state index in [0.717, 1.165) is 32.7 Å². The highest BCUT2D eigenvalue weighted by Gasteiger charge is 2.25. The standard InChI is InChI=1S/C14H26N4O2/c1-5-6-18-7-8-19-11(10-18)13-16-12(20-17-13)9-15-14(2,3)4/h11,15H,5-10H2,1-4H3. The topological polar surface area (TPSA) is 63.4 Å². The lowest BCUT2D eigenvalue weighted by molar-refractivity contribution is -0.0350. The molecule has 0 saturated carbocycles. The lowest BCUT2D eigenvalue weighted by atomic mass is 10.1. The first-order valence-corrected chi connectivity index (χ1v) is 7.39. The third-order valence-corrected chi connectivity index (χ3v) is 3.23. The minimum atomic E-state index is -0.0672. The molecule has 114 valence electrons. The zero-order valence-electron chi connectivity index (χ0n) is 13.0. The van der Waals surface area contributed by atoms with Crippen molar-refractivity contribution in [1.29, 1.82) is 0 Å². The summed E-state index contributed by atoms with van der Waals surface area (Å²) in [6.45, 7) is 12.8. The third kappa shape index (κ3) is 4.54. The molecule has 1 aliphatic heterocycles. The first-order chi connectivity index (χ1) is 9.48. The second kappa shape index (κ2) is 6.65. The Labute approximate surface area is 120 Å². The summed E-state index contributed by atoms with van der Waals surface area (Å²) in [6, 6.07) is 0. The molecule has 1 atom stereocenters. The largest absolute Gasteiger partial charge is 0.367 e. The highest BCUT2D eigenvalue weighted by Crippen LogP contribution is 2.19. The molecule has 1 N–H and O–H groups in total. The van der Waals surface area contributed by atoms with Crippen LogP contribution in [0, 0.1) is 0 Å². The van der Waals surface area contributed by atoms with Crippen molar-refractivity contribution < 1.29 is 9.26 Å². The van der Waals surface area contributed by atoms with Gasteiger partial charge in [0.15, 0.2) is 0 Å². The average molecular weight is 282 g/mol. The molecule has 1 saturated heterocycles. The van der Waals surface area contributed by atoms with Crippen LogP contribution < -0.4 is 5.32 Å². The van der Waals surface area contributed by atoms with Gasteiger partial charge in [0.1, 0.15) is 6.10 Å². The van der Waals surface area contributed by atoms with Crippen LogP contribution in [0.3, 0.4) is 0 Å². The van der Waals surface area contributed by atoms with Crippen molar-refractivity contribution in [3.05, 3.63) is 11.7 Å². The molecule has 1 aromatic rings. The lowest BCUT2D eigenvalue weighted by Gasteiger charge is -2.30. The summed E-state index contributed by atoms with van der Waals surface area (Å²) >= 11 is 0. The van der Waals surface area contributed by atoms with E-state index >= 15 is 0 Å². The van der Waals surface area contributed by atoms with Gasteiger partial charge in [0.25, 0.3) is 0 Å². The summed E-state index contributed by atoms with van der Waals surface area (Å²) in [7, 11) is 0. The van der Waals surface area contributed by atoms with Crippen LogP contribution in [0.4, 0.5) is 0 Å². The smallest absolute Gasteiger partial charge is 0.240 e. The molecule has 6 heteroatoms. The van der Waals surface area contributed by atoms with E-state index in [4.69, 9.17) is 9.26 Å². The third-order valence-electron chi connectivity index (χ3n) is 3.23. The predicted octanol–water partition coefficient (Wildman–Crippen LogP) is 1.74. The van der Waals surface area contributed by atoms with Gasteiger partial charge in [-0.3, -0.25) is 4.90 Å². The maximum atomic E-state index is 5.75. The van der Waals surface area contributed by atoms with Crippen LogP contribution in [0.15, 0.2) is 4.52 Å². The van der Waals surface area contributed by atoms with Gasteiger partial charge in [0.05, 0.1) is 13.2 Å². The number of rotatable bonds is 5. The zero-order valence-corrected chi connectivity index (χ0v) is 13.0. The highest BCUT2D eigenvalue weighted by atomic mass is 16.5. The Hall–Kier alpha value is -0.980. The van der Waals surface area contributed by atoms with Gasteiger partial charge < -0.3 is 14.6 Å². The van der Waals surface area contributed by atoms with Gasteiger partial charge in [-0.2, -0.15) is 4.98 Å². The maximum absolute atomic E-state index is 5.75. The van der Waals surface area contributed by atoms with E-state index in [9.17, 15) is 0 Å². The number of nitrogens with one attached hydrogen (secondary N) is 1. The molecule has 0 radical (unpaired) electrons. The van der Waals surface area contributed by atoms with Crippen molar-refractivity contribution >= 4 is 0 Å². The van der Waals surface area contributed by atoms with E-state index < -0.39 is 0 Å². The molecule has 1 fully saturated rings. The Kier molecular flexibility index (Phi) is 5.12. The number of hydrogen-bond acceptors (Lipinski definition) is 6. The number of aromatic nitrogens is 2. The van der Waals surface area contributed by atoms with Crippen molar-refractivity contribution in [2.45, 2.75) is 52.3 Å². The molecule has 0 amide bonds. The van der Waals surface area contributed by atoms with Crippen LogP contribution in [0.25, 0.3) is 0 Å². The van der Waals surface area contributed by atoms with Crippen molar-refractivity contribution in [1.82, 2.24) is 20.4 Å². The van der Waals surface area contributed by atoms with E-state index in [1.165, 1.54) is 0 Å². The molecule has 0 spiro atoms. The fraction of sp³-hybridized carbons (Fsp3) is 0.857. The fourth-order valence-electron chi connectivity index (χ4n) is 2.19. The van der Waals surface area contributed by atoms with Crippen LogP contribution in [0.2, 0.25) is 0 Å². The molecule has 1 aromatic heterocycles. The first-order valence-electron chi connectivity index (χ1n) is 7.39. The van der Waals surface area contributed by atoms with Crippen molar-refractivity contribution in [3.63, 3.8) is 0 Å². The van der Waals surface area contributed by atoms with Gasteiger partial charge in [0.2, 0.25) is 11.7 Å². The molecular formula is C14H26N4O2. The van der Waals surface area contributed by atoms with Gasteiger partial charge in [-0.25, -0.2) is 0 Å². The number of morpholine rings is 1. The van der Waals surface area contributed by atoms with Crippen LogP contribution in [-0.4, -0.2) is 46.8 Å². The number of ether oxygens (including phenoxy) is 1. The van der Waals surface area contributed by atoms with Gasteiger partial charge >= 0.3 is 0 Å². The van der Waals surface area contributed by atoms with Crippen LogP contribution in [0.1, 0.15) is 51.9 Å². The summed E-state index contributed by atoms with van der Waals surface area (Å²) < 4.78 is 11.0. The maximum Gasteiger partial charge on any atom is 0.240 e. The molecule has 20 heavy (non-hydrogen) atoms. The van der Waals surface area contributed by atoms with E-state index in [1.54, 1.807) is 0 Å². The minimum Gasteiger partial charge on any atom is -0.367 e. The van der Waals surface area contributed by atoms with Crippen LogP contribution in [-0.2, 0) is 11.3 Å². The van der Waals surface area contributed by atoms with Crippen molar-refractivity contribution in [2.24, 2.45) is 0 Å². The molecule has 0 aliphatic carbocycles. The fourth-order valence-corrected chi connectivity index (χ4v) is 2.19. The summed E-state index contributed by atoms with van der Waals surface area (Å²) in [5, 5.41) is 7.39. The highest BCUT2D eigenvalue weighted by molar-refractivity contribution is 4.94. The van der Waals surface area contributed by atoms with E-state index in [1.807, 2.05) is 0 Å². The molecule has 0 bridgehead atoms. The molecule has 6 nitrogen and oxygen atoms in total. The molecule has 0 aromatic carbocycles. The zero-order chi connectivity index (χ0) is 14.6. The quantitative estimate of drug-likeness (QED) is 0.887. The number of nitrogens with zero attached hydrogens (tertiary/aromatic N) is 3. The van der Waals surface area contributed by atoms with Crippen molar-refractivity contribution in [3.8, 4) is 0 Å². The van der Waals surface area contributed by atoms with E-state index in [2.05, 4.69) is 48.1 Å². The average Bonchev–Trinajstić information content (AvgIpc) is 2.85. The van der Waals surface area contributed by atoms with Gasteiger partial charge in [0, 0.05) is 18.6 Å². The summed E-state index contributed by atoms with van der Waals surface area (Å²) in [5.41, 5.74) is 0.0356. The van der Waals surface area contributed by atoms with Crippen LogP contribution in [0.5, 0.6) is 0 Å². The monoisotopic (exact) mass is 282 g/mol. The summed E-state index contributed by atoms with van der Waals surface area (Å²) in [4.78, 5) is 6.83. The second-order valence-electron chi connectivity index (χ2n) is 6.31. The summed E-state index contributed by atoms with van der Waals surface area (Å²) in [5.74, 6) is 1.28. The van der Waals surface area contributed by atoms with Crippen molar-refractivity contribution in [2.75, 3.05) is 26.2 Å². The second-order valence-corrected chi connectivity index (χ2v) is 6.31. The van der Waals surface area contributed by atoms with Gasteiger partial charge in [-0.1, -0.05) is 12.1 Å². The Morgan fingerprint density at radius 2 is 2.20 bits per heavy atom. The predicted molar refractivity (Wildman–Crippen MR) is 76.3 cm³/mol. The number of hydrogen-bond donors (Lipinski definition) is 1. The van der Waals surface area contributed by atoms with Gasteiger partial charge in [-0.15, -0.1) is 0 Å². The molecule has 2 heterocycles. The Morgan fingerprint density at radius 3 is 2.90 bits per heavy atom. The lowest BCUT2D eigenvalue weighted by Crippen LogP contribution is -2.39. The molecule has 1 unspecified atom stereocenters. The van der Waals surface area contributed by atoms with E-state index in [0.29, 0.717) is 18.3 Å². The Morgan fingerprint density at radius 1 is 1.40 bits per heavy atom.